The average Bonchev–Trinajstić information content (AvgIpc) is 2.50. The Kier molecular flexibility index (Phi) is 7.95. The van der Waals surface area contributed by atoms with Crippen LogP contribution in [0.4, 0.5) is 8.78 Å². The Morgan fingerprint density at radius 2 is 1.96 bits per heavy atom. The van der Waals surface area contributed by atoms with Gasteiger partial charge in [-0.1, -0.05) is 26.0 Å². The number of nitrogens with zero attached hydrogens (tertiary/aromatic N) is 1. The highest BCUT2D eigenvalue weighted by Gasteiger charge is 2.24. The molecule has 0 heterocycles. The van der Waals surface area contributed by atoms with Gasteiger partial charge in [-0.3, -0.25) is 4.79 Å². The Morgan fingerprint density at radius 1 is 1.26 bits per heavy atom. The maximum Gasteiger partial charge on any atom is 0.263 e. The molecule has 4 nitrogen and oxygen atoms in total. The molecular formula is C17H25F2NO3. The zero-order valence-corrected chi connectivity index (χ0v) is 14.1. The second kappa shape index (κ2) is 9.45. The lowest BCUT2D eigenvalue weighted by molar-refractivity contribution is -0.140. The van der Waals surface area contributed by atoms with Crippen LogP contribution in [-0.2, 0) is 9.53 Å². The van der Waals surface area contributed by atoms with E-state index in [1.165, 1.54) is 7.11 Å². The molecule has 1 unspecified atom stereocenters. The molecule has 0 aliphatic rings. The van der Waals surface area contributed by atoms with Crippen molar-refractivity contribution in [3.8, 4) is 5.75 Å². The van der Waals surface area contributed by atoms with E-state index in [0.717, 1.165) is 10.5 Å². The van der Waals surface area contributed by atoms with Crippen molar-refractivity contribution in [3.05, 3.63) is 29.8 Å². The van der Waals surface area contributed by atoms with Gasteiger partial charge in [-0.05, 0) is 30.5 Å². The second-order valence-electron chi connectivity index (χ2n) is 5.66. The highest BCUT2D eigenvalue weighted by atomic mass is 19.3. The zero-order chi connectivity index (χ0) is 17.4. The summed E-state index contributed by atoms with van der Waals surface area (Å²) in [5, 5.41) is 0. The van der Waals surface area contributed by atoms with Crippen molar-refractivity contribution in [3.63, 3.8) is 0 Å². The lowest BCUT2D eigenvalue weighted by atomic mass is 10.0. The summed E-state index contributed by atoms with van der Waals surface area (Å²) in [4.78, 5) is 13.4. The predicted octanol–water partition coefficient (Wildman–Crippen LogP) is 3.32. The number of alkyl halides is 2. The molecule has 0 radical (unpaired) electrons. The molecule has 0 spiro atoms. The fourth-order valence-electron chi connectivity index (χ4n) is 2.12. The van der Waals surface area contributed by atoms with Crippen molar-refractivity contribution in [2.45, 2.75) is 39.2 Å². The summed E-state index contributed by atoms with van der Waals surface area (Å²) >= 11 is 0. The molecule has 0 aliphatic heterocycles. The molecule has 130 valence electrons. The molecule has 1 aromatic carbocycles. The van der Waals surface area contributed by atoms with E-state index < -0.39 is 25.0 Å². The van der Waals surface area contributed by atoms with Gasteiger partial charge in [0, 0.05) is 13.7 Å². The first-order valence-corrected chi connectivity index (χ1v) is 7.67. The van der Waals surface area contributed by atoms with Crippen LogP contribution in [0.3, 0.4) is 0 Å². The van der Waals surface area contributed by atoms with Crippen molar-refractivity contribution in [2.24, 2.45) is 0 Å². The largest absolute Gasteiger partial charge is 0.481 e. The van der Waals surface area contributed by atoms with Gasteiger partial charge in [0.25, 0.3) is 12.3 Å². The van der Waals surface area contributed by atoms with Gasteiger partial charge in [-0.15, -0.1) is 0 Å². The van der Waals surface area contributed by atoms with Crippen LogP contribution in [0, 0.1) is 0 Å². The minimum absolute atomic E-state index is 0.111. The van der Waals surface area contributed by atoms with Crippen LogP contribution in [0.1, 0.15) is 32.3 Å². The molecule has 0 saturated heterocycles. The number of benzene rings is 1. The average molecular weight is 329 g/mol. The molecule has 0 saturated carbocycles. The Balaban J connectivity index is 2.74. The normalized spacial score (nSPS) is 12.5. The van der Waals surface area contributed by atoms with Crippen LogP contribution in [0.15, 0.2) is 24.3 Å². The molecule has 0 N–H and O–H groups in total. The van der Waals surface area contributed by atoms with Gasteiger partial charge in [-0.2, -0.15) is 0 Å². The first kappa shape index (κ1) is 19.4. The predicted molar refractivity (Wildman–Crippen MR) is 85.1 cm³/mol. The first-order valence-electron chi connectivity index (χ1n) is 7.67. The third kappa shape index (κ3) is 6.52. The van der Waals surface area contributed by atoms with Gasteiger partial charge in [0.2, 0.25) is 0 Å². The van der Waals surface area contributed by atoms with Crippen molar-refractivity contribution >= 4 is 5.91 Å². The summed E-state index contributed by atoms with van der Waals surface area (Å²) in [5.74, 6) is 0.416. The topological polar surface area (TPSA) is 38.8 Å². The Hall–Kier alpha value is -1.69. The Bertz CT molecular complexity index is 494. The standard InChI is InChI=1S/C17H25F2NO3/c1-12(2)14-6-5-7-15(10-14)23-13(3)17(21)20(8-9-22-4)11-16(18)19/h5-7,10,12-13,16H,8-9,11H2,1-4H3. The van der Waals surface area contributed by atoms with Gasteiger partial charge in [0.15, 0.2) is 6.10 Å². The summed E-state index contributed by atoms with van der Waals surface area (Å²) in [6.07, 6.45) is -3.43. The van der Waals surface area contributed by atoms with Crippen LogP contribution in [-0.4, -0.2) is 50.1 Å². The minimum atomic E-state index is -2.59. The number of halogens is 2. The van der Waals surface area contributed by atoms with E-state index in [1.807, 2.05) is 18.2 Å². The van der Waals surface area contributed by atoms with E-state index in [9.17, 15) is 13.6 Å². The van der Waals surface area contributed by atoms with Crippen LogP contribution < -0.4 is 4.74 Å². The summed E-state index contributed by atoms with van der Waals surface area (Å²) in [6, 6.07) is 7.44. The molecule has 1 rings (SSSR count). The van der Waals surface area contributed by atoms with E-state index >= 15 is 0 Å². The van der Waals surface area contributed by atoms with Crippen LogP contribution in [0.2, 0.25) is 0 Å². The quantitative estimate of drug-likeness (QED) is 0.698. The molecule has 6 heteroatoms. The van der Waals surface area contributed by atoms with Crippen molar-refractivity contribution in [1.82, 2.24) is 4.90 Å². The molecule has 1 aromatic rings. The number of hydrogen-bond acceptors (Lipinski definition) is 3. The highest BCUT2D eigenvalue weighted by Crippen LogP contribution is 2.21. The molecule has 0 bridgehead atoms. The third-order valence-corrected chi connectivity index (χ3v) is 3.42. The molecule has 1 atom stereocenters. The van der Waals surface area contributed by atoms with E-state index in [0.29, 0.717) is 11.7 Å². The van der Waals surface area contributed by atoms with E-state index in [2.05, 4.69) is 13.8 Å². The SMILES string of the molecule is COCCN(CC(F)F)C(=O)C(C)Oc1cccc(C(C)C)c1. The highest BCUT2D eigenvalue weighted by molar-refractivity contribution is 5.81. The van der Waals surface area contributed by atoms with Crippen LogP contribution in [0.25, 0.3) is 0 Å². The van der Waals surface area contributed by atoms with Crippen LogP contribution >= 0.6 is 0 Å². The summed E-state index contributed by atoms with van der Waals surface area (Å²) in [7, 11) is 1.46. The molecule has 0 aromatic heterocycles. The number of carbonyl (C=O) groups excluding carboxylic acids is 1. The zero-order valence-electron chi connectivity index (χ0n) is 14.1. The van der Waals surface area contributed by atoms with Crippen molar-refractivity contribution in [2.75, 3.05) is 26.8 Å². The maximum atomic E-state index is 12.6. The maximum absolute atomic E-state index is 12.6. The van der Waals surface area contributed by atoms with Crippen molar-refractivity contribution in [1.29, 1.82) is 0 Å². The number of carbonyl (C=O) groups is 1. The Labute approximate surface area is 136 Å². The monoisotopic (exact) mass is 329 g/mol. The van der Waals surface area contributed by atoms with Gasteiger partial charge in [-0.25, -0.2) is 8.78 Å². The van der Waals surface area contributed by atoms with Gasteiger partial charge >= 0.3 is 0 Å². The first-order chi connectivity index (χ1) is 10.8. The molecule has 0 fully saturated rings. The summed E-state index contributed by atoms with van der Waals surface area (Å²) in [6.45, 7) is 5.37. The second-order valence-corrected chi connectivity index (χ2v) is 5.66. The van der Waals surface area contributed by atoms with Crippen molar-refractivity contribution < 1.29 is 23.0 Å². The third-order valence-electron chi connectivity index (χ3n) is 3.42. The number of ether oxygens (including phenoxy) is 2. The lowest BCUT2D eigenvalue weighted by Crippen LogP contribution is -2.44. The summed E-state index contributed by atoms with van der Waals surface area (Å²) < 4.78 is 35.8. The number of hydrogen-bond donors (Lipinski definition) is 0. The van der Waals surface area contributed by atoms with E-state index in [4.69, 9.17) is 9.47 Å². The molecule has 0 aliphatic carbocycles. The van der Waals surface area contributed by atoms with Gasteiger partial charge in [0.1, 0.15) is 5.75 Å². The smallest absolute Gasteiger partial charge is 0.263 e. The molecular weight excluding hydrogens is 304 g/mol. The van der Waals surface area contributed by atoms with Crippen LogP contribution in [0.5, 0.6) is 5.75 Å². The fraction of sp³-hybridized carbons (Fsp3) is 0.588. The molecule has 1 amide bonds. The van der Waals surface area contributed by atoms with Gasteiger partial charge < -0.3 is 14.4 Å². The molecule has 23 heavy (non-hydrogen) atoms. The minimum Gasteiger partial charge on any atom is -0.481 e. The number of rotatable bonds is 9. The summed E-state index contributed by atoms with van der Waals surface area (Å²) in [5.41, 5.74) is 1.09. The fourth-order valence-corrected chi connectivity index (χ4v) is 2.12. The van der Waals surface area contributed by atoms with E-state index in [1.54, 1.807) is 13.0 Å². The Morgan fingerprint density at radius 3 is 2.52 bits per heavy atom. The van der Waals surface area contributed by atoms with E-state index in [-0.39, 0.29) is 13.2 Å². The lowest BCUT2D eigenvalue weighted by Gasteiger charge is -2.25. The number of amides is 1. The van der Waals surface area contributed by atoms with Gasteiger partial charge in [0.05, 0.1) is 13.2 Å². The number of methoxy groups -OCH3 is 1.